The minimum atomic E-state index is -3.94. The van der Waals surface area contributed by atoms with Crippen molar-refractivity contribution in [1.82, 2.24) is 25.6 Å². The number of nitrogens with one attached hydrogen (secondary N) is 4. The second kappa shape index (κ2) is 21.8. The summed E-state index contributed by atoms with van der Waals surface area (Å²) in [5, 5.41) is 7.10. The number of sulfonamides is 1. The topological polar surface area (TPSA) is 271 Å². The molecule has 1 unspecified atom stereocenters. The van der Waals surface area contributed by atoms with Crippen LogP contribution in [0.15, 0.2) is 17.6 Å². The Bertz CT molecular complexity index is 1830. The molecule has 3 aliphatic rings. The lowest BCUT2D eigenvalue weighted by Crippen LogP contribution is -2.60. The summed E-state index contributed by atoms with van der Waals surface area (Å²) >= 11 is 0. The minimum absolute atomic E-state index is 0.0129. The van der Waals surface area contributed by atoms with Gasteiger partial charge in [-0.3, -0.25) is 19.1 Å². The van der Waals surface area contributed by atoms with Crippen molar-refractivity contribution >= 4 is 57.9 Å². The molecule has 350 valence electrons. The van der Waals surface area contributed by atoms with Crippen LogP contribution < -0.4 is 20.7 Å². The Morgan fingerprint density at radius 1 is 0.919 bits per heavy atom. The van der Waals surface area contributed by atoms with Crippen LogP contribution in [0.4, 0.5) is 9.59 Å². The van der Waals surface area contributed by atoms with Gasteiger partial charge in [0.05, 0.1) is 26.0 Å². The Morgan fingerprint density at radius 2 is 1.50 bits per heavy atom. The highest BCUT2D eigenvalue weighted by Gasteiger charge is 2.62. The maximum atomic E-state index is 14.3. The number of nitrogens with zero attached hydrogens (tertiary/aromatic N) is 2. The lowest BCUT2D eigenvalue weighted by atomic mass is 9.85. The first-order chi connectivity index (χ1) is 28.7. The van der Waals surface area contributed by atoms with Crippen molar-refractivity contribution in [1.29, 1.82) is 0 Å². The number of alkyl carbamates (subject to hydrolysis) is 2. The smallest absolute Gasteiger partial charge is 0.408 e. The second-order valence-electron chi connectivity index (χ2n) is 18.0. The van der Waals surface area contributed by atoms with Gasteiger partial charge < -0.3 is 39.8 Å². The van der Waals surface area contributed by atoms with Gasteiger partial charge >= 0.3 is 24.1 Å². The van der Waals surface area contributed by atoms with E-state index in [1.54, 1.807) is 48.5 Å². The largest absolute Gasteiger partial charge is 0.467 e. The van der Waals surface area contributed by atoms with E-state index in [0.717, 1.165) is 11.3 Å². The summed E-state index contributed by atoms with van der Waals surface area (Å²) < 4.78 is 47.6. The number of carbonyl (C=O) groups excluding carboxylic acids is 8. The van der Waals surface area contributed by atoms with Crippen LogP contribution in [-0.2, 0) is 57.7 Å². The summed E-state index contributed by atoms with van der Waals surface area (Å²) in [5.74, 6) is -4.43. The zero-order chi connectivity index (χ0) is 47.5. The van der Waals surface area contributed by atoms with Crippen molar-refractivity contribution in [2.24, 2.45) is 28.2 Å². The average Bonchev–Trinajstić information content (AvgIpc) is 4.12. The number of aliphatic imine (C=N–C) groups is 1. The Morgan fingerprint density at radius 3 is 1.95 bits per heavy atom. The van der Waals surface area contributed by atoms with Crippen molar-refractivity contribution in [3.8, 4) is 0 Å². The van der Waals surface area contributed by atoms with Crippen LogP contribution in [0.2, 0.25) is 0 Å². The van der Waals surface area contributed by atoms with E-state index in [1.807, 2.05) is 20.8 Å². The molecule has 0 aromatic rings. The molecular formula is C41H66N6O14S. The molecule has 1 heterocycles. The van der Waals surface area contributed by atoms with Crippen LogP contribution in [0.3, 0.4) is 0 Å². The van der Waals surface area contributed by atoms with Gasteiger partial charge in [0.1, 0.15) is 35.4 Å². The molecule has 0 radical (unpaired) electrons. The fraction of sp³-hybridized carbons (Fsp3) is 0.756. The molecule has 2 aliphatic carbocycles. The monoisotopic (exact) mass is 898 g/mol. The summed E-state index contributed by atoms with van der Waals surface area (Å²) in [5.41, 5.74) is -3.39. The average molecular weight is 899 g/mol. The van der Waals surface area contributed by atoms with Gasteiger partial charge in [0, 0.05) is 12.3 Å². The Kier molecular flexibility index (Phi) is 18.7. The SMILES string of the molecule is C=CC1C[C@]1(NC(=O)[C@@H]1C[C@@H](OC(=O)N[C@H](C(=O)OC)[C@@H](C)CC)CN1C(=O)[C@@H](NC(=O)OC(C)(C)C)C(C)(C)C)C(=O)NS(=O)(=O)C1CC1.CC[C@H](C)[C@H](N=C=O)C(=O)OC. The molecule has 1 saturated heterocycles. The molecule has 21 heteroatoms. The predicted molar refractivity (Wildman–Crippen MR) is 224 cm³/mol. The van der Waals surface area contributed by atoms with Crippen molar-refractivity contribution < 1.29 is 65.7 Å². The zero-order valence-electron chi connectivity index (χ0n) is 37.9. The lowest BCUT2D eigenvalue weighted by Gasteiger charge is -2.36. The molecule has 0 aromatic carbocycles. The van der Waals surface area contributed by atoms with Crippen molar-refractivity contribution in [2.45, 2.75) is 154 Å². The highest BCUT2D eigenvalue weighted by Crippen LogP contribution is 2.45. The lowest BCUT2D eigenvalue weighted by molar-refractivity contribution is -0.144. The number of methoxy groups -OCH3 is 2. The van der Waals surface area contributed by atoms with E-state index in [4.69, 9.17) is 14.2 Å². The van der Waals surface area contributed by atoms with Gasteiger partial charge in [-0.05, 0) is 57.3 Å². The van der Waals surface area contributed by atoms with Crippen LogP contribution in [0.1, 0.15) is 108 Å². The molecular weight excluding hydrogens is 833 g/mol. The first-order valence-corrected chi connectivity index (χ1v) is 22.2. The minimum Gasteiger partial charge on any atom is -0.467 e. The van der Waals surface area contributed by atoms with Crippen LogP contribution in [-0.4, -0.2) is 129 Å². The van der Waals surface area contributed by atoms with Crippen LogP contribution in [0, 0.1) is 23.2 Å². The van der Waals surface area contributed by atoms with Crippen molar-refractivity contribution in [3.05, 3.63) is 12.7 Å². The molecule has 20 nitrogen and oxygen atoms in total. The van der Waals surface area contributed by atoms with E-state index in [0.29, 0.717) is 19.3 Å². The standard InChI is InChI=1S/C33H53N5O11S.C8H13NO3/c1-11-18(3)23(27(41)47-10)34-29(43)48-20-15-22(38(17-20)26(40)24(31(4,5)6)35-30(44)49-32(7,8)9)25(39)36-33(16-19(33)12-2)28(42)37-50(45,46)21-13-14-21;1-4-6(2)7(9-5-10)8(11)12-3/h12,18-24H,2,11,13-17H2,1,3-10H3,(H,34,43)(H,35,44)(H,36,39)(H,37,42);6-7H,4H2,1-3H3/t18-,19?,20+,22-,23-,24+,33+;6-,7-/m00/s1. The molecule has 0 bridgehead atoms. The third-order valence-corrected chi connectivity index (χ3v) is 12.7. The number of likely N-dealkylation sites (tertiary alicyclic amines) is 1. The van der Waals surface area contributed by atoms with Gasteiger partial charge in [0.15, 0.2) is 6.04 Å². The van der Waals surface area contributed by atoms with E-state index in [1.165, 1.54) is 26.4 Å². The zero-order valence-corrected chi connectivity index (χ0v) is 38.8. The van der Waals surface area contributed by atoms with Gasteiger partial charge in [0.25, 0.3) is 5.91 Å². The Balaban J connectivity index is 0.000000956. The van der Waals surface area contributed by atoms with Gasteiger partial charge in [-0.25, -0.2) is 32.4 Å². The van der Waals surface area contributed by atoms with Crippen molar-refractivity contribution in [2.75, 3.05) is 20.8 Å². The fourth-order valence-corrected chi connectivity index (χ4v) is 7.92. The fourth-order valence-electron chi connectivity index (χ4n) is 6.56. The molecule has 1 aliphatic heterocycles. The molecule has 3 rings (SSSR count). The number of hydrogen-bond acceptors (Lipinski definition) is 15. The Labute approximate surface area is 364 Å². The van der Waals surface area contributed by atoms with Crippen molar-refractivity contribution in [3.63, 3.8) is 0 Å². The molecule has 4 N–H and O–H groups in total. The Hall–Kier alpha value is -5.04. The highest BCUT2D eigenvalue weighted by molar-refractivity contribution is 7.91. The third kappa shape index (κ3) is 14.5. The maximum Gasteiger partial charge on any atom is 0.408 e. The van der Waals surface area contributed by atoms with Crippen LogP contribution in [0.25, 0.3) is 0 Å². The van der Waals surface area contributed by atoms with Gasteiger partial charge in [0.2, 0.25) is 27.9 Å². The number of amides is 5. The van der Waals surface area contributed by atoms with Crippen LogP contribution >= 0.6 is 0 Å². The number of hydrogen-bond donors (Lipinski definition) is 4. The molecule has 2 saturated carbocycles. The van der Waals surface area contributed by atoms with Crippen LogP contribution in [0.5, 0.6) is 0 Å². The van der Waals surface area contributed by atoms with E-state index < -0.39 is 110 Å². The van der Waals surface area contributed by atoms with Gasteiger partial charge in [-0.2, -0.15) is 4.99 Å². The summed E-state index contributed by atoms with van der Waals surface area (Å²) in [7, 11) is -1.47. The van der Waals surface area contributed by atoms with E-state index in [9.17, 15) is 46.8 Å². The summed E-state index contributed by atoms with van der Waals surface area (Å²) in [6.07, 6.45) is 1.93. The molecule has 9 atom stereocenters. The normalized spacial score (nSPS) is 23.1. The summed E-state index contributed by atoms with van der Waals surface area (Å²) in [6.45, 7) is 20.9. The predicted octanol–water partition coefficient (Wildman–Crippen LogP) is 2.79. The molecule has 0 spiro atoms. The number of carbonyl (C=O) groups is 7. The number of isocyanates is 1. The highest BCUT2D eigenvalue weighted by atomic mass is 32.2. The number of esters is 2. The summed E-state index contributed by atoms with van der Waals surface area (Å²) in [6, 6.07) is -4.24. The molecule has 3 fully saturated rings. The number of ether oxygens (including phenoxy) is 4. The molecule has 62 heavy (non-hydrogen) atoms. The maximum absolute atomic E-state index is 14.3. The van der Waals surface area contributed by atoms with E-state index >= 15 is 0 Å². The third-order valence-electron chi connectivity index (χ3n) is 10.9. The second-order valence-corrected chi connectivity index (χ2v) is 20.0. The quantitative estimate of drug-likeness (QED) is 0.0538. The summed E-state index contributed by atoms with van der Waals surface area (Å²) in [4.78, 5) is 105. The number of rotatable bonds is 17. The van der Waals surface area contributed by atoms with Gasteiger partial charge in [-0.1, -0.05) is 67.4 Å². The van der Waals surface area contributed by atoms with Gasteiger partial charge in [-0.15, -0.1) is 6.58 Å². The van der Waals surface area contributed by atoms with E-state index in [2.05, 4.69) is 37.0 Å². The molecule has 0 aromatic heterocycles. The first-order valence-electron chi connectivity index (χ1n) is 20.7. The van der Waals surface area contributed by atoms with E-state index in [-0.39, 0.29) is 31.2 Å². The molecule has 5 amide bonds. The first kappa shape index (κ1) is 53.1.